The van der Waals surface area contributed by atoms with Crippen molar-refractivity contribution in [3.63, 3.8) is 0 Å². The molecule has 0 radical (unpaired) electrons. The van der Waals surface area contributed by atoms with Crippen molar-refractivity contribution >= 4 is 11.6 Å². The highest BCUT2D eigenvalue weighted by Gasteiger charge is 2.15. The number of carbonyl (C=O) groups excluding carboxylic acids is 1. The van der Waals surface area contributed by atoms with Crippen LogP contribution in [-0.4, -0.2) is 22.3 Å². The number of hydrogen-bond acceptors (Lipinski definition) is 3. The molecule has 0 saturated carbocycles. The first kappa shape index (κ1) is 14.0. The molecule has 1 unspecified atom stereocenters. The Bertz CT molecular complexity index is 556. The van der Waals surface area contributed by atoms with Crippen molar-refractivity contribution in [3.05, 3.63) is 42.7 Å². The quantitative estimate of drug-likeness (QED) is 0.916. The molecule has 0 saturated heterocycles. The third kappa shape index (κ3) is 3.53. The van der Waals surface area contributed by atoms with Gasteiger partial charge >= 0.3 is 6.61 Å². The summed E-state index contributed by atoms with van der Waals surface area (Å²) in [5, 5.41) is 6.65. The van der Waals surface area contributed by atoms with E-state index in [4.69, 9.17) is 0 Å². The van der Waals surface area contributed by atoms with Crippen LogP contribution in [0.1, 0.15) is 13.0 Å². The number of amides is 1. The van der Waals surface area contributed by atoms with E-state index in [-0.39, 0.29) is 11.7 Å². The Hall–Kier alpha value is -2.44. The minimum atomic E-state index is -2.87. The van der Waals surface area contributed by atoms with Crippen molar-refractivity contribution in [2.75, 3.05) is 5.32 Å². The molecule has 1 N–H and O–H groups in total. The highest BCUT2D eigenvalue weighted by atomic mass is 19.3. The summed E-state index contributed by atoms with van der Waals surface area (Å²) in [6.45, 7) is -1.16. The van der Waals surface area contributed by atoms with Gasteiger partial charge in [0, 0.05) is 18.1 Å². The number of alkyl halides is 2. The van der Waals surface area contributed by atoms with Crippen molar-refractivity contribution < 1.29 is 18.3 Å². The maximum absolute atomic E-state index is 12.0. The minimum absolute atomic E-state index is 0.0399. The van der Waals surface area contributed by atoms with Gasteiger partial charge in [-0.2, -0.15) is 13.9 Å². The van der Waals surface area contributed by atoms with Gasteiger partial charge < -0.3 is 10.1 Å². The van der Waals surface area contributed by atoms with Gasteiger partial charge in [0.25, 0.3) is 0 Å². The van der Waals surface area contributed by atoms with Gasteiger partial charge in [-0.3, -0.25) is 9.48 Å². The first-order chi connectivity index (χ1) is 9.56. The Morgan fingerprint density at radius 1 is 1.35 bits per heavy atom. The Kier molecular flexibility index (Phi) is 4.29. The number of nitrogens with one attached hydrogen (secondary N) is 1. The fourth-order valence-corrected chi connectivity index (χ4v) is 1.60. The van der Waals surface area contributed by atoms with E-state index in [2.05, 4.69) is 15.2 Å². The van der Waals surface area contributed by atoms with Gasteiger partial charge in [0.15, 0.2) is 0 Å². The molecule has 0 aliphatic heterocycles. The molecule has 0 bridgehead atoms. The van der Waals surface area contributed by atoms with Crippen LogP contribution in [0.5, 0.6) is 5.75 Å². The van der Waals surface area contributed by atoms with E-state index in [1.54, 1.807) is 25.4 Å². The molecular weight excluding hydrogens is 268 g/mol. The lowest BCUT2D eigenvalue weighted by Crippen LogP contribution is -2.23. The zero-order chi connectivity index (χ0) is 14.5. The number of aromatic nitrogens is 2. The zero-order valence-electron chi connectivity index (χ0n) is 10.7. The largest absolute Gasteiger partial charge is 0.435 e. The van der Waals surface area contributed by atoms with E-state index in [1.807, 2.05) is 0 Å². The minimum Gasteiger partial charge on any atom is -0.435 e. The normalized spacial score (nSPS) is 12.2. The van der Waals surface area contributed by atoms with Gasteiger partial charge in [-0.1, -0.05) is 0 Å². The maximum atomic E-state index is 12.0. The predicted octanol–water partition coefficient (Wildman–Crippen LogP) is 2.68. The van der Waals surface area contributed by atoms with E-state index in [0.29, 0.717) is 5.69 Å². The molecule has 2 aromatic rings. The number of ether oxygens (including phenoxy) is 1. The van der Waals surface area contributed by atoms with Crippen LogP contribution in [0.25, 0.3) is 0 Å². The van der Waals surface area contributed by atoms with Gasteiger partial charge in [0.05, 0.1) is 0 Å². The average molecular weight is 281 g/mol. The van der Waals surface area contributed by atoms with Crippen LogP contribution in [0, 0.1) is 0 Å². The summed E-state index contributed by atoms with van der Waals surface area (Å²) in [5.74, 6) is -0.214. The van der Waals surface area contributed by atoms with E-state index >= 15 is 0 Å². The molecule has 106 valence electrons. The standard InChI is InChI=1S/C13H13F2N3O2/c1-9(18-8-2-7-16-18)12(19)17-10-3-5-11(6-4-10)20-13(14)15/h2-9,13H,1H3,(H,17,19). The second-order valence-electron chi connectivity index (χ2n) is 4.05. The van der Waals surface area contributed by atoms with E-state index in [9.17, 15) is 13.6 Å². The second-order valence-corrected chi connectivity index (χ2v) is 4.05. The van der Waals surface area contributed by atoms with Gasteiger partial charge in [-0.15, -0.1) is 0 Å². The van der Waals surface area contributed by atoms with Crippen LogP contribution in [0.4, 0.5) is 14.5 Å². The highest BCUT2D eigenvalue weighted by Crippen LogP contribution is 2.18. The number of carbonyl (C=O) groups is 1. The summed E-state index contributed by atoms with van der Waals surface area (Å²) in [6, 6.07) is 6.96. The topological polar surface area (TPSA) is 56.1 Å². The molecule has 7 heteroatoms. The summed E-state index contributed by atoms with van der Waals surface area (Å²) >= 11 is 0. The summed E-state index contributed by atoms with van der Waals surface area (Å²) in [4.78, 5) is 12.0. The Morgan fingerprint density at radius 3 is 2.60 bits per heavy atom. The molecular formula is C13H13F2N3O2. The first-order valence-electron chi connectivity index (χ1n) is 5.91. The number of hydrogen-bond donors (Lipinski definition) is 1. The van der Waals surface area contributed by atoms with Crippen molar-refractivity contribution in [1.29, 1.82) is 0 Å². The molecule has 20 heavy (non-hydrogen) atoms. The van der Waals surface area contributed by atoms with Crippen molar-refractivity contribution in [3.8, 4) is 5.75 Å². The van der Waals surface area contributed by atoms with Crippen LogP contribution >= 0.6 is 0 Å². The van der Waals surface area contributed by atoms with Crippen LogP contribution in [0.3, 0.4) is 0 Å². The number of halogens is 2. The average Bonchev–Trinajstić information content (AvgIpc) is 2.93. The second kappa shape index (κ2) is 6.14. The van der Waals surface area contributed by atoms with Crippen LogP contribution in [0.15, 0.2) is 42.7 Å². The SMILES string of the molecule is CC(C(=O)Nc1ccc(OC(F)F)cc1)n1cccn1. The Morgan fingerprint density at radius 2 is 2.05 bits per heavy atom. The molecule has 1 amide bonds. The third-order valence-corrected chi connectivity index (χ3v) is 2.65. The molecule has 2 rings (SSSR count). The van der Waals surface area contributed by atoms with Crippen molar-refractivity contribution in [1.82, 2.24) is 9.78 Å². The smallest absolute Gasteiger partial charge is 0.387 e. The van der Waals surface area contributed by atoms with Crippen LogP contribution in [0.2, 0.25) is 0 Å². The number of nitrogens with zero attached hydrogens (tertiary/aromatic N) is 2. The molecule has 0 fully saturated rings. The molecule has 1 aromatic carbocycles. The predicted molar refractivity (Wildman–Crippen MR) is 68.6 cm³/mol. The lowest BCUT2D eigenvalue weighted by molar-refractivity contribution is -0.119. The maximum Gasteiger partial charge on any atom is 0.387 e. The molecule has 0 spiro atoms. The van der Waals surface area contributed by atoms with E-state index in [1.165, 1.54) is 28.9 Å². The molecule has 0 aliphatic carbocycles. The first-order valence-corrected chi connectivity index (χ1v) is 5.91. The van der Waals surface area contributed by atoms with Crippen molar-refractivity contribution in [2.45, 2.75) is 19.6 Å². The zero-order valence-corrected chi connectivity index (χ0v) is 10.7. The van der Waals surface area contributed by atoms with Gasteiger partial charge in [-0.05, 0) is 37.3 Å². The summed E-state index contributed by atoms with van der Waals surface area (Å²) < 4.78 is 29.7. The van der Waals surface area contributed by atoms with E-state index < -0.39 is 12.7 Å². The molecule has 1 atom stereocenters. The summed E-state index contributed by atoms with van der Waals surface area (Å²) in [6.07, 6.45) is 3.27. The van der Waals surface area contributed by atoms with E-state index in [0.717, 1.165) is 0 Å². The highest BCUT2D eigenvalue weighted by molar-refractivity contribution is 5.93. The molecule has 0 aliphatic rings. The number of anilines is 1. The van der Waals surface area contributed by atoms with Gasteiger partial charge in [0.2, 0.25) is 5.91 Å². The van der Waals surface area contributed by atoms with Crippen LogP contribution in [-0.2, 0) is 4.79 Å². The molecule has 1 heterocycles. The molecule has 1 aromatic heterocycles. The Balaban J connectivity index is 1.97. The monoisotopic (exact) mass is 281 g/mol. The fourth-order valence-electron chi connectivity index (χ4n) is 1.60. The molecule has 5 nitrogen and oxygen atoms in total. The Labute approximate surface area is 114 Å². The summed E-state index contributed by atoms with van der Waals surface area (Å²) in [5.41, 5.74) is 0.496. The lowest BCUT2D eigenvalue weighted by atomic mass is 10.2. The third-order valence-electron chi connectivity index (χ3n) is 2.65. The lowest BCUT2D eigenvalue weighted by Gasteiger charge is -2.13. The number of rotatable bonds is 5. The number of benzene rings is 1. The van der Waals surface area contributed by atoms with Gasteiger partial charge in [-0.25, -0.2) is 0 Å². The van der Waals surface area contributed by atoms with Gasteiger partial charge in [0.1, 0.15) is 11.8 Å². The summed E-state index contributed by atoms with van der Waals surface area (Å²) in [7, 11) is 0. The van der Waals surface area contributed by atoms with Crippen LogP contribution < -0.4 is 10.1 Å². The van der Waals surface area contributed by atoms with Crippen molar-refractivity contribution in [2.24, 2.45) is 0 Å². The fraction of sp³-hybridized carbons (Fsp3) is 0.231.